The fourth-order valence-electron chi connectivity index (χ4n) is 3.22. The SMILES string of the molecule is CC(C)C(=O)NC[C@@H](c1ccco1)N1CCN(c2ccccc2)CC1. The number of hydrogen-bond acceptors (Lipinski definition) is 4. The Morgan fingerprint density at radius 3 is 2.40 bits per heavy atom. The van der Waals surface area contributed by atoms with E-state index in [0.29, 0.717) is 6.54 Å². The number of rotatable bonds is 6. The second-order valence-electron chi connectivity index (χ2n) is 6.79. The summed E-state index contributed by atoms with van der Waals surface area (Å²) in [6, 6.07) is 14.5. The molecule has 0 saturated carbocycles. The average Bonchev–Trinajstić information content (AvgIpc) is 3.17. The number of nitrogens with zero attached hydrogens (tertiary/aromatic N) is 2. The molecular formula is C20H27N3O2. The fourth-order valence-corrected chi connectivity index (χ4v) is 3.22. The molecule has 1 aliphatic rings. The van der Waals surface area contributed by atoms with Crippen LogP contribution in [0.15, 0.2) is 53.1 Å². The van der Waals surface area contributed by atoms with Gasteiger partial charge in [-0.3, -0.25) is 9.69 Å². The molecule has 2 heterocycles. The molecule has 134 valence electrons. The molecule has 1 fully saturated rings. The third kappa shape index (κ3) is 4.42. The highest BCUT2D eigenvalue weighted by Gasteiger charge is 2.27. The van der Waals surface area contributed by atoms with Gasteiger partial charge in [-0.25, -0.2) is 0 Å². The number of carbonyl (C=O) groups is 1. The lowest BCUT2D eigenvalue weighted by Gasteiger charge is -2.39. The summed E-state index contributed by atoms with van der Waals surface area (Å²) in [7, 11) is 0. The van der Waals surface area contributed by atoms with E-state index in [9.17, 15) is 4.79 Å². The minimum Gasteiger partial charge on any atom is -0.468 e. The summed E-state index contributed by atoms with van der Waals surface area (Å²) in [4.78, 5) is 16.8. The van der Waals surface area contributed by atoms with E-state index in [0.717, 1.165) is 31.9 Å². The topological polar surface area (TPSA) is 48.7 Å². The van der Waals surface area contributed by atoms with Gasteiger partial charge >= 0.3 is 0 Å². The quantitative estimate of drug-likeness (QED) is 0.878. The van der Waals surface area contributed by atoms with Gasteiger partial charge in [0.25, 0.3) is 0 Å². The first-order valence-electron chi connectivity index (χ1n) is 9.00. The molecular weight excluding hydrogens is 314 g/mol. The van der Waals surface area contributed by atoms with Gasteiger partial charge in [-0.05, 0) is 24.3 Å². The summed E-state index contributed by atoms with van der Waals surface area (Å²) >= 11 is 0. The number of hydrogen-bond donors (Lipinski definition) is 1. The molecule has 0 spiro atoms. The molecule has 3 rings (SSSR count). The normalized spacial score (nSPS) is 16.8. The number of benzene rings is 1. The maximum absolute atomic E-state index is 12.0. The van der Waals surface area contributed by atoms with E-state index in [1.165, 1.54) is 5.69 Å². The van der Waals surface area contributed by atoms with Crippen LogP contribution in [0.2, 0.25) is 0 Å². The van der Waals surface area contributed by atoms with Crippen molar-refractivity contribution in [3.05, 3.63) is 54.5 Å². The van der Waals surface area contributed by atoms with E-state index < -0.39 is 0 Å². The number of anilines is 1. The van der Waals surface area contributed by atoms with Crippen LogP contribution in [-0.4, -0.2) is 43.5 Å². The lowest BCUT2D eigenvalue weighted by Crippen LogP contribution is -2.50. The number of piperazine rings is 1. The molecule has 1 aromatic heterocycles. The Labute approximate surface area is 149 Å². The number of nitrogens with one attached hydrogen (secondary N) is 1. The molecule has 1 aromatic carbocycles. The largest absolute Gasteiger partial charge is 0.468 e. The van der Waals surface area contributed by atoms with Crippen molar-refractivity contribution >= 4 is 11.6 Å². The molecule has 1 amide bonds. The zero-order valence-electron chi connectivity index (χ0n) is 15.0. The third-order valence-electron chi connectivity index (χ3n) is 4.74. The van der Waals surface area contributed by atoms with E-state index in [-0.39, 0.29) is 17.9 Å². The average molecular weight is 341 g/mol. The third-order valence-corrected chi connectivity index (χ3v) is 4.74. The molecule has 0 bridgehead atoms. The van der Waals surface area contributed by atoms with Gasteiger partial charge in [0.2, 0.25) is 5.91 Å². The zero-order valence-corrected chi connectivity index (χ0v) is 15.0. The Hall–Kier alpha value is -2.27. The first-order valence-corrected chi connectivity index (χ1v) is 9.00. The summed E-state index contributed by atoms with van der Waals surface area (Å²) in [6.45, 7) is 8.23. The molecule has 1 N–H and O–H groups in total. The summed E-state index contributed by atoms with van der Waals surface area (Å²) in [5, 5.41) is 3.06. The van der Waals surface area contributed by atoms with Crippen molar-refractivity contribution in [2.24, 2.45) is 5.92 Å². The Morgan fingerprint density at radius 1 is 1.08 bits per heavy atom. The van der Waals surface area contributed by atoms with Crippen LogP contribution in [0.5, 0.6) is 0 Å². The van der Waals surface area contributed by atoms with Gasteiger partial charge in [-0.2, -0.15) is 0 Å². The summed E-state index contributed by atoms with van der Waals surface area (Å²) < 4.78 is 5.65. The molecule has 1 atom stereocenters. The van der Waals surface area contributed by atoms with Crippen LogP contribution in [0.1, 0.15) is 25.6 Å². The van der Waals surface area contributed by atoms with Gasteiger partial charge in [0.15, 0.2) is 0 Å². The monoisotopic (exact) mass is 341 g/mol. The molecule has 1 aliphatic heterocycles. The molecule has 1 saturated heterocycles. The standard InChI is InChI=1S/C20H27N3O2/c1-16(2)20(24)21-15-18(19-9-6-14-25-19)23-12-10-22(11-13-23)17-7-4-3-5-8-17/h3-9,14,16,18H,10-13,15H2,1-2H3,(H,21,24)/t18-/m0/s1. The minimum absolute atomic E-state index is 0.00724. The highest BCUT2D eigenvalue weighted by Crippen LogP contribution is 2.24. The van der Waals surface area contributed by atoms with Gasteiger partial charge < -0.3 is 14.6 Å². The fraction of sp³-hybridized carbons (Fsp3) is 0.450. The lowest BCUT2D eigenvalue weighted by atomic mass is 10.1. The van der Waals surface area contributed by atoms with E-state index in [2.05, 4.69) is 39.4 Å². The Balaban J connectivity index is 1.63. The summed E-state index contributed by atoms with van der Waals surface area (Å²) in [5.41, 5.74) is 1.27. The van der Waals surface area contributed by atoms with Crippen molar-refractivity contribution in [1.29, 1.82) is 0 Å². The predicted molar refractivity (Wildman–Crippen MR) is 99.5 cm³/mol. The van der Waals surface area contributed by atoms with Crippen LogP contribution in [0, 0.1) is 5.92 Å². The minimum atomic E-state index is -0.00724. The van der Waals surface area contributed by atoms with Gasteiger partial charge in [0.1, 0.15) is 5.76 Å². The number of para-hydroxylation sites is 1. The summed E-state index contributed by atoms with van der Waals surface area (Å²) in [6.07, 6.45) is 1.70. The molecule has 0 radical (unpaired) electrons. The van der Waals surface area contributed by atoms with Gasteiger partial charge in [0.05, 0.1) is 12.3 Å². The van der Waals surface area contributed by atoms with Crippen molar-refractivity contribution in [2.45, 2.75) is 19.9 Å². The van der Waals surface area contributed by atoms with Crippen LogP contribution >= 0.6 is 0 Å². The maximum atomic E-state index is 12.0. The van der Waals surface area contributed by atoms with E-state index >= 15 is 0 Å². The van der Waals surface area contributed by atoms with Crippen molar-refractivity contribution < 1.29 is 9.21 Å². The Kier molecular flexibility index (Phi) is 5.76. The van der Waals surface area contributed by atoms with Crippen LogP contribution in [0.3, 0.4) is 0 Å². The molecule has 2 aromatic rings. The highest BCUT2D eigenvalue weighted by atomic mass is 16.3. The van der Waals surface area contributed by atoms with Crippen LogP contribution < -0.4 is 10.2 Å². The first kappa shape index (κ1) is 17.5. The zero-order chi connectivity index (χ0) is 17.6. The molecule has 5 nitrogen and oxygen atoms in total. The smallest absolute Gasteiger partial charge is 0.222 e. The maximum Gasteiger partial charge on any atom is 0.222 e. The first-order chi connectivity index (χ1) is 12.1. The van der Waals surface area contributed by atoms with Crippen LogP contribution in [0.4, 0.5) is 5.69 Å². The van der Waals surface area contributed by atoms with Gasteiger partial charge in [-0.1, -0.05) is 32.0 Å². The molecule has 0 unspecified atom stereocenters. The van der Waals surface area contributed by atoms with E-state index in [1.54, 1.807) is 6.26 Å². The summed E-state index contributed by atoms with van der Waals surface area (Å²) in [5.74, 6) is 0.990. The van der Waals surface area contributed by atoms with Gasteiger partial charge in [0, 0.05) is 44.3 Å². The van der Waals surface area contributed by atoms with Crippen molar-refractivity contribution in [1.82, 2.24) is 10.2 Å². The lowest BCUT2D eigenvalue weighted by molar-refractivity contribution is -0.124. The Bertz CT molecular complexity index is 647. The number of furan rings is 1. The van der Waals surface area contributed by atoms with Crippen LogP contribution in [0.25, 0.3) is 0 Å². The Morgan fingerprint density at radius 2 is 1.80 bits per heavy atom. The van der Waals surface area contributed by atoms with Crippen molar-refractivity contribution in [3.8, 4) is 0 Å². The van der Waals surface area contributed by atoms with Crippen molar-refractivity contribution in [3.63, 3.8) is 0 Å². The van der Waals surface area contributed by atoms with Gasteiger partial charge in [-0.15, -0.1) is 0 Å². The predicted octanol–water partition coefficient (Wildman–Crippen LogP) is 2.92. The number of carbonyl (C=O) groups excluding carboxylic acids is 1. The second kappa shape index (κ2) is 8.21. The second-order valence-corrected chi connectivity index (χ2v) is 6.79. The highest BCUT2D eigenvalue weighted by molar-refractivity contribution is 5.77. The molecule has 25 heavy (non-hydrogen) atoms. The number of amides is 1. The molecule has 5 heteroatoms. The van der Waals surface area contributed by atoms with E-state index in [4.69, 9.17) is 4.42 Å². The van der Waals surface area contributed by atoms with Crippen LogP contribution in [-0.2, 0) is 4.79 Å². The molecule has 0 aliphatic carbocycles. The van der Waals surface area contributed by atoms with Crippen molar-refractivity contribution in [2.75, 3.05) is 37.6 Å². The van der Waals surface area contributed by atoms with E-state index in [1.807, 2.05) is 32.0 Å².